The van der Waals surface area contributed by atoms with Crippen LogP contribution in [0.1, 0.15) is 31.4 Å². The van der Waals surface area contributed by atoms with Crippen molar-refractivity contribution in [3.05, 3.63) is 65.7 Å². The summed E-state index contributed by atoms with van der Waals surface area (Å²) in [6, 6.07) is 17.5. The molecule has 1 N–H and O–H groups in total. The molecule has 144 valence electrons. The van der Waals surface area contributed by atoms with E-state index >= 15 is 0 Å². The number of para-hydroxylation sites is 1. The topological polar surface area (TPSA) is 64.6 Å². The minimum atomic E-state index is -0.864. The second-order valence-corrected chi connectivity index (χ2v) is 6.62. The highest BCUT2D eigenvalue weighted by molar-refractivity contribution is 5.83. The molecule has 1 amide bonds. The van der Waals surface area contributed by atoms with Gasteiger partial charge in [0.25, 0.3) is 5.91 Å². The first kappa shape index (κ1) is 20.5. The molecule has 2 atom stereocenters. The summed E-state index contributed by atoms with van der Waals surface area (Å²) in [5.41, 5.74) is 2.16. The van der Waals surface area contributed by atoms with Crippen molar-refractivity contribution < 1.29 is 19.1 Å². The van der Waals surface area contributed by atoms with Crippen LogP contribution in [0, 0.1) is 6.92 Å². The Morgan fingerprint density at radius 1 is 1.00 bits per heavy atom. The van der Waals surface area contributed by atoms with Gasteiger partial charge in [0.2, 0.25) is 0 Å². The summed E-state index contributed by atoms with van der Waals surface area (Å²) in [7, 11) is 0. The number of ether oxygens (including phenoxy) is 2. The Balaban J connectivity index is 1.70. The lowest BCUT2D eigenvalue weighted by molar-refractivity contribution is -0.156. The van der Waals surface area contributed by atoms with E-state index in [4.69, 9.17) is 9.47 Å². The van der Waals surface area contributed by atoms with Crippen molar-refractivity contribution in [2.45, 2.75) is 45.8 Å². The number of hydrogen-bond donors (Lipinski definition) is 1. The smallest absolute Gasteiger partial charge is 0.344 e. The number of hydrogen-bond acceptors (Lipinski definition) is 4. The molecule has 0 aliphatic heterocycles. The van der Waals surface area contributed by atoms with E-state index in [1.54, 1.807) is 13.0 Å². The Bertz CT molecular complexity index is 745. The molecule has 0 saturated heterocycles. The molecule has 0 heterocycles. The third-order valence-electron chi connectivity index (χ3n) is 4.21. The van der Waals surface area contributed by atoms with Crippen molar-refractivity contribution in [1.29, 1.82) is 0 Å². The zero-order chi connectivity index (χ0) is 19.6. The van der Waals surface area contributed by atoms with E-state index in [0.717, 1.165) is 18.4 Å². The van der Waals surface area contributed by atoms with E-state index in [1.807, 2.05) is 50.2 Å². The Kier molecular flexibility index (Phi) is 7.86. The van der Waals surface area contributed by atoms with E-state index in [-0.39, 0.29) is 18.6 Å². The van der Waals surface area contributed by atoms with Gasteiger partial charge in [0.1, 0.15) is 5.75 Å². The fraction of sp³-hybridized carbons (Fsp3) is 0.364. The number of carbonyl (C=O) groups is 2. The number of amides is 1. The average Bonchev–Trinajstić information content (AvgIpc) is 2.66. The fourth-order valence-electron chi connectivity index (χ4n) is 2.60. The second-order valence-electron chi connectivity index (χ2n) is 6.62. The minimum absolute atomic E-state index is 0.0120. The first-order valence-corrected chi connectivity index (χ1v) is 9.18. The van der Waals surface area contributed by atoms with Crippen LogP contribution in [0.3, 0.4) is 0 Å². The maximum absolute atomic E-state index is 12.2. The summed E-state index contributed by atoms with van der Waals surface area (Å²) in [5, 5.41) is 2.88. The van der Waals surface area contributed by atoms with Crippen LogP contribution in [0.25, 0.3) is 0 Å². The van der Waals surface area contributed by atoms with Crippen LogP contribution in [0.2, 0.25) is 0 Å². The van der Waals surface area contributed by atoms with Crippen LogP contribution in [0.5, 0.6) is 5.75 Å². The van der Waals surface area contributed by atoms with Gasteiger partial charge in [0.15, 0.2) is 12.7 Å². The summed E-state index contributed by atoms with van der Waals surface area (Å²) in [6.07, 6.45) is 0.824. The van der Waals surface area contributed by atoms with Gasteiger partial charge >= 0.3 is 5.97 Å². The van der Waals surface area contributed by atoms with Gasteiger partial charge in [-0.15, -0.1) is 0 Å². The van der Waals surface area contributed by atoms with Gasteiger partial charge < -0.3 is 14.8 Å². The average molecular weight is 369 g/mol. The van der Waals surface area contributed by atoms with E-state index in [2.05, 4.69) is 17.4 Å². The summed E-state index contributed by atoms with van der Waals surface area (Å²) < 4.78 is 10.6. The van der Waals surface area contributed by atoms with Crippen LogP contribution in [0.4, 0.5) is 0 Å². The lowest BCUT2D eigenvalue weighted by Crippen LogP contribution is -2.41. The molecular weight excluding hydrogens is 342 g/mol. The van der Waals surface area contributed by atoms with Crippen molar-refractivity contribution >= 4 is 11.9 Å². The number of rotatable bonds is 9. The van der Waals surface area contributed by atoms with E-state index in [1.165, 1.54) is 5.56 Å². The molecular formula is C22H27NO4. The summed E-state index contributed by atoms with van der Waals surface area (Å²) in [4.78, 5) is 24.1. The van der Waals surface area contributed by atoms with Gasteiger partial charge in [0, 0.05) is 6.04 Å². The molecule has 5 nitrogen and oxygen atoms in total. The molecule has 5 heteroatoms. The summed E-state index contributed by atoms with van der Waals surface area (Å²) >= 11 is 0. The molecule has 2 rings (SSSR count). The number of esters is 1. The summed E-state index contributed by atoms with van der Waals surface area (Å²) in [5.74, 6) is -0.251. The molecule has 0 fully saturated rings. The van der Waals surface area contributed by atoms with Gasteiger partial charge in [0.05, 0.1) is 0 Å². The van der Waals surface area contributed by atoms with Gasteiger partial charge in [-0.1, -0.05) is 48.5 Å². The maximum atomic E-state index is 12.2. The quantitative estimate of drug-likeness (QED) is 0.688. The SMILES string of the molecule is Cc1ccccc1OCC(=O)O[C@H](C)C(=O)N[C@H](C)CCc1ccccc1. The zero-order valence-corrected chi connectivity index (χ0v) is 16.1. The third-order valence-corrected chi connectivity index (χ3v) is 4.21. The molecule has 0 saturated carbocycles. The molecule has 0 aliphatic carbocycles. The molecule has 0 radical (unpaired) electrons. The number of benzene rings is 2. The van der Waals surface area contributed by atoms with E-state index in [0.29, 0.717) is 5.75 Å². The number of nitrogens with one attached hydrogen (secondary N) is 1. The number of aryl methyl sites for hydroxylation is 2. The largest absolute Gasteiger partial charge is 0.482 e. The lowest BCUT2D eigenvalue weighted by Gasteiger charge is -2.18. The van der Waals surface area contributed by atoms with Crippen molar-refractivity contribution in [2.24, 2.45) is 0 Å². The van der Waals surface area contributed by atoms with Crippen LogP contribution in [0.15, 0.2) is 54.6 Å². The molecule has 2 aromatic rings. The van der Waals surface area contributed by atoms with Gasteiger partial charge in [-0.3, -0.25) is 4.79 Å². The van der Waals surface area contributed by atoms with Gasteiger partial charge in [-0.05, 0) is 50.8 Å². The molecule has 0 bridgehead atoms. The second kappa shape index (κ2) is 10.4. The van der Waals surface area contributed by atoms with E-state index in [9.17, 15) is 9.59 Å². The van der Waals surface area contributed by atoms with E-state index < -0.39 is 12.1 Å². The standard InChI is InChI=1S/C22H27NO4/c1-16-9-7-8-12-20(16)26-15-21(24)27-18(3)22(25)23-17(2)13-14-19-10-5-4-6-11-19/h4-12,17-18H,13-15H2,1-3H3,(H,23,25)/t17-,18-/m1/s1. The zero-order valence-electron chi connectivity index (χ0n) is 16.1. The highest BCUT2D eigenvalue weighted by Gasteiger charge is 2.19. The van der Waals surface area contributed by atoms with Crippen molar-refractivity contribution in [1.82, 2.24) is 5.32 Å². The predicted octanol–water partition coefficient (Wildman–Crippen LogP) is 3.44. The predicted molar refractivity (Wildman–Crippen MR) is 105 cm³/mol. The first-order valence-electron chi connectivity index (χ1n) is 9.18. The lowest BCUT2D eigenvalue weighted by atomic mass is 10.1. The fourth-order valence-corrected chi connectivity index (χ4v) is 2.60. The monoisotopic (exact) mass is 369 g/mol. The molecule has 2 aromatic carbocycles. The van der Waals surface area contributed by atoms with Crippen molar-refractivity contribution in [2.75, 3.05) is 6.61 Å². The Hall–Kier alpha value is -2.82. The Morgan fingerprint density at radius 2 is 1.67 bits per heavy atom. The van der Waals surface area contributed by atoms with Crippen LogP contribution in [-0.2, 0) is 20.7 Å². The highest BCUT2D eigenvalue weighted by atomic mass is 16.6. The minimum Gasteiger partial charge on any atom is -0.482 e. The van der Waals surface area contributed by atoms with Gasteiger partial charge in [-0.25, -0.2) is 4.79 Å². The Morgan fingerprint density at radius 3 is 2.37 bits per heavy atom. The maximum Gasteiger partial charge on any atom is 0.344 e. The highest BCUT2D eigenvalue weighted by Crippen LogP contribution is 2.16. The molecule has 0 unspecified atom stereocenters. The molecule has 0 aliphatic rings. The molecule has 0 aromatic heterocycles. The third kappa shape index (κ3) is 7.13. The van der Waals surface area contributed by atoms with Crippen LogP contribution < -0.4 is 10.1 Å². The van der Waals surface area contributed by atoms with Crippen LogP contribution >= 0.6 is 0 Å². The molecule has 0 spiro atoms. The van der Waals surface area contributed by atoms with Crippen LogP contribution in [-0.4, -0.2) is 30.6 Å². The number of carbonyl (C=O) groups excluding carboxylic acids is 2. The normalized spacial score (nSPS) is 12.7. The summed E-state index contributed by atoms with van der Waals surface area (Å²) in [6.45, 7) is 5.17. The first-order chi connectivity index (χ1) is 13.0. The van der Waals surface area contributed by atoms with Gasteiger partial charge in [-0.2, -0.15) is 0 Å². The van der Waals surface area contributed by atoms with Crippen molar-refractivity contribution in [3.63, 3.8) is 0 Å². The van der Waals surface area contributed by atoms with Crippen molar-refractivity contribution in [3.8, 4) is 5.75 Å². The Labute approximate surface area is 160 Å². The molecule has 27 heavy (non-hydrogen) atoms.